The van der Waals surface area contributed by atoms with E-state index in [2.05, 4.69) is 0 Å². The van der Waals surface area contributed by atoms with Crippen molar-refractivity contribution < 1.29 is 19.5 Å². The van der Waals surface area contributed by atoms with E-state index in [-0.39, 0.29) is 30.5 Å². The minimum Gasteiger partial charge on any atom is -0.481 e. The maximum Gasteiger partial charge on any atom is 0.331 e. The van der Waals surface area contributed by atoms with Gasteiger partial charge >= 0.3 is 11.7 Å². The molecular weight excluding hydrogens is 390 g/mol. The van der Waals surface area contributed by atoms with E-state index in [1.54, 1.807) is 0 Å². The molecule has 156 valence electrons. The van der Waals surface area contributed by atoms with Crippen molar-refractivity contribution in [3.8, 4) is 0 Å². The summed E-state index contributed by atoms with van der Waals surface area (Å²) in [5, 5.41) is 10.2. The summed E-state index contributed by atoms with van der Waals surface area (Å²) >= 11 is 0. The van der Waals surface area contributed by atoms with Crippen LogP contribution in [-0.4, -0.2) is 38.3 Å². The van der Waals surface area contributed by atoms with E-state index >= 15 is 0 Å². The molecule has 1 amide bonds. The molecule has 0 unspecified atom stereocenters. The van der Waals surface area contributed by atoms with Crippen molar-refractivity contribution in [2.24, 2.45) is 7.05 Å². The van der Waals surface area contributed by atoms with Gasteiger partial charge in [-0.15, -0.1) is 0 Å². The molecule has 0 bridgehead atoms. The highest BCUT2D eigenvalue weighted by Crippen LogP contribution is 2.15. The van der Waals surface area contributed by atoms with E-state index in [9.17, 15) is 19.2 Å². The second-order valence-corrected chi connectivity index (χ2v) is 6.68. The molecule has 2 aromatic carbocycles. The molecule has 0 aliphatic carbocycles. The number of aliphatic carboxylic acids is 1. The first-order valence-electron chi connectivity index (χ1n) is 9.18. The van der Waals surface area contributed by atoms with Crippen LogP contribution in [0, 0.1) is 0 Å². The van der Waals surface area contributed by atoms with E-state index in [4.69, 9.17) is 9.94 Å². The highest BCUT2D eigenvalue weighted by molar-refractivity contribution is 5.97. The van der Waals surface area contributed by atoms with Gasteiger partial charge in [-0.3, -0.25) is 28.4 Å². The topological polar surface area (TPSA) is 111 Å². The number of aryl methyl sites for hydroxylation is 1. The molecule has 0 radical (unpaired) electrons. The Morgan fingerprint density at radius 2 is 1.80 bits per heavy atom. The summed E-state index contributed by atoms with van der Waals surface area (Å²) in [6.07, 6.45) is -0.367. The van der Waals surface area contributed by atoms with Gasteiger partial charge < -0.3 is 5.11 Å². The third kappa shape index (κ3) is 4.15. The number of carboxylic acids is 1. The van der Waals surface area contributed by atoms with Crippen LogP contribution in [0.1, 0.15) is 22.3 Å². The quantitative estimate of drug-likeness (QED) is 0.588. The van der Waals surface area contributed by atoms with Crippen LogP contribution in [0.2, 0.25) is 0 Å². The highest BCUT2D eigenvalue weighted by atomic mass is 16.7. The Balaban J connectivity index is 2.02. The van der Waals surface area contributed by atoms with Gasteiger partial charge in [-0.25, -0.2) is 9.86 Å². The molecule has 30 heavy (non-hydrogen) atoms. The Labute approximate surface area is 171 Å². The molecule has 1 heterocycles. The van der Waals surface area contributed by atoms with Gasteiger partial charge in [-0.2, -0.15) is 0 Å². The number of carbonyl (C=O) groups excluding carboxylic acids is 1. The Morgan fingerprint density at radius 3 is 2.43 bits per heavy atom. The molecular formula is C21H21N3O6. The minimum absolute atomic E-state index is 0.143. The van der Waals surface area contributed by atoms with Crippen molar-refractivity contribution in [1.82, 2.24) is 14.2 Å². The lowest BCUT2D eigenvalue weighted by atomic mass is 10.1. The van der Waals surface area contributed by atoms with Gasteiger partial charge in [0.2, 0.25) is 0 Å². The molecule has 1 N–H and O–H groups in total. The second kappa shape index (κ2) is 8.75. The molecule has 0 aliphatic rings. The lowest BCUT2D eigenvalue weighted by molar-refractivity contribution is -0.137. The van der Waals surface area contributed by atoms with E-state index < -0.39 is 23.1 Å². The van der Waals surface area contributed by atoms with Gasteiger partial charge in [0.1, 0.15) is 0 Å². The van der Waals surface area contributed by atoms with Gasteiger partial charge in [0.25, 0.3) is 11.5 Å². The van der Waals surface area contributed by atoms with E-state index in [1.165, 1.54) is 42.0 Å². The van der Waals surface area contributed by atoms with Gasteiger partial charge in [-0.1, -0.05) is 30.3 Å². The molecule has 0 atom stereocenters. The zero-order valence-electron chi connectivity index (χ0n) is 16.6. The van der Waals surface area contributed by atoms with Gasteiger partial charge in [0.15, 0.2) is 0 Å². The first-order chi connectivity index (χ1) is 14.3. The molecule has 0 saturated heterocycles. The van der Waals surface area contributed by atoms with Crippen LogP contribution >= 0.6 is 0 Å². The fourth-order valence-electron chi connectivity index (χ4n) is 3.17. The molecule has 9 heteroatoms. The van der Waals surface area contributed by atoms with Crippen molar-refractivity contribution in [3.05, 3.63) is 80.5 Å². The van der Waals surface area contributed by atoms with Crippen LogP contribution in [0.4, 0.5) is 0 Å². The maximum atomic E-state index is 12.9. The van der Waals surface area contributed by atoms with E-state index in [1.807, 2.05) is 30.3 Å². The van der Waals surface area contributed by atoms with Gasteiger partial charge in [0, 0.05) is 19.2 Å². The number of hydrogen-bond acceptors (Lipinski definition) is 5. The zero-order chi connectivity index (χ0) is 21.8. The van der Waals surface area contributed by atoms with E-state index in [0.717, 1.165) is 10.1 Å². The number of hydrogen-bond donors (Lipinski definition) is 1. The molecule has 3 aromatic rings. The average Bonchev–Trinajstić information content (AvgIpc) is 2.75. The third-order valence-corrected chi connectivity index (χ3v) is 4.76. The molecule has 0 saturated carbocycles. The van der Waals surface area contributed by atoms with Crippen molar-refractivity contribution in [3.63, 3.8) is 0 Å². The van der Waals surface area contributed by atoms with Crippen LogP contribution in [0.5, 0.6) is 0 Å². The minimum atomic E-state index is -1.12. The molecule has 9 nitrogen and oxygen atoms in total. The van der Waals surface area contributed by atoms with Crippen molar-refractivity contribution in [2.45, 2.75) is 19.5 Å². The van der Waals surface area contributed by atoms with Gasteiger partial charge in [0.05, 0.1) is 31.0 Å². The standard InChI is InChI=1S/C21H21N3O6/c1-22-17-9-8-15(19(27)24(30-2)13-14-6-4-3-5-7-14)12-16(17)20(28)23(21(22)29)11-10-18(25)26/h3-9,12H,10-11,13H2,1-2H3,(H,25,26). The number of aromatic nitrogens is 2. The number of carboxylic acid groups (broad SMARTS) is 1. The molecule has 0 fully saturated rings. The van der Waals surface area contributed by atoms with Crippen molar-refractivity contribution >= 4 is 22.8 Å². The number of hydroxylamine groups is 2. The summed E-state index contributed by atoms with van der Waals surface area (Å²) < 4.78 is 2.12. The lowest BCUT2D eigenvalue weighted by Crippen LogP contribution is -2.39. The van der Waals surface area contributed by atoms with Crippen LogP contribution in [0.25, 0.3) is 10.9 Å². The van der Waals surface area contributed by atoms with E-state index in [0.29, 0.717) is 5.52 Å². The smallest absolute Gasteiger partial charge is 0.331 e. The molecule has 3 rings (SSSR count). The Bertz CT molecular complexity index is 1210. The number of amides is 1. The predicted octanol–water partition coefficient (Wildman–Crippen LogP) is 1.38. The Hall–Kier alpha value is -3.72. The monoisotopic (exact) mass is 411 g/mol. The van der Waals surface area contributed by atoms with Crippen molar-refractivity contribution in [2.75, 3.05) is 7.11 Å². The summed E-state index contributed by atoms with van der Waals surface area (Å²) in [4.78, 5) is 54.3. The van der Waals surface area contributed by atoms with Crippen LogP contribution < -0.4 is 11.2 Å². The zero-order valence-corrected chi connectivity index (χ0v) is 16.6. The third-order valence-electron chi connectivity index (χ3n) is 4.76. The summed E-state index contributed by atoms with van der Waals surface area (Å²) in [5.74, 6) is -1.57. The largest absolute Gasteiger partial charge is 0.481 e. The van der Waals surface area contributed by atoms with Crippen LogP contribution in [0.15, 0.2) is 58.1 Å². The highest BCUT2D eigenvalue weighted by Gasteiger charge is 2.19. The molecule has 0 spiro atoms. The first-order valence-corrected chi connectivity index (χ1v) is 9.18. The number of nitrogens with zero attached hydrogens (tertiary/aromatic N) is 3. The van der Waals surface area contributed by atoms with Crippen molar-refractivity contribution in [1.29, 1.82) is 0 Å². The first kappa shape index (κ1) is 21.0. The average molecular weight is 411 g/mol. The predicted molar refractivity (Wildman–Crippen MR) is 109 cm³/mol. The lowest BCUT2D eigenvalue weighted by Gasteiger charge is -2.20. The summed E-state index contributed by atoms with van der Waals surface area (Å²) in [5.41, 5.74) is 0.166. The van der Waals surface area contributed by atoms with Gasteiger partial charge in [-0.05, 0) is 23.8 Å². The Kier molecular flexibility index (Phi) is 6.12. The number of fused-ring (bicyclic) bond motifs is 1. The molecule has 1 aromatic heterocycles. The number of carbonyl (C=O) groups is 2. The fraction of sp³-hybridized carbons (Fsp3) is 0.238. The summed E-state index contributed by atoms with van der Waals surface area (Å²) in [7, 11) is 2.87. The SMILES string of the molecule is CON(Cc1ccccc1)C(=O)c1ccc2c(c1)c(=O)n(CCC(=O)O)c(=O)n2C. The van der Waals surface area contributed by atoms with Crippen LogP contribution in [-0.2, 0) is 29.8 Å². The fourth-order valence-corrected chi connectivity index (χ4v) is 3.17. The normalized spacial score (nSPS) is 10.9. The van der Waals surface area contributed by atoms with Crippen LogP contribution in [0.3, 0.4) is 0 Å². The summed E-state index contributed by atoms with van der Waals surface area (Å²) in [6, 6.07) is 13.7. The Morgan fingerprint density at radius 1 is 1.10 bits per heavy atom. The maximum absolute atomic E-state index is 12.9. The summed E-state index contributed by atoms with van der Waals surface area (Å²) in [6.45, 7) is -0.0442. The second-order valence-electron chi connectivity index (χ2n) is 6.68. The molecule has 0 aliphatic heterocycles. The number of rotatable bonds is 7. The number of benzene rings is 2.